The van der Waals surface area contributed by atoms with E-state index in [0.29, 0.717) is 18.5 Å². The van der Waals surface area contributed by atoms with Crippen molar-refractivity contribution in [2.45, 2.75) is 58.4 Å². The molecule has 1 aliphatic carbocycles. The predicted octanol–water partition coefficient (Wildman–Crippen LogP) is 3.92. The molecular weight excluding hydrogens is 260 g/mol. The van der Waals surface area contributed by atoms with Crippen LogP contribution in [0.25, 0.3) is 0 Å². The van der Waals surface area contributed by atoms with Gasteiger partial charge >= 0.3 is 0 Å². The number of anilines is 1. The zero-order valence-electron chi connectivity index (χ0n) is 13.5. The molecule has 1 amide bonds. The Labute approximate surface area is 128 Å². The van der Waals surface area contributed by atoms with E-state index in [-0.39, 0.29) is 5.91 Å². The second kappa shape index (κ2) is 7.48. The topological polar surface area (TPSA) is 41.1 Å². The second-order valence-corrected chi connectivity index (χ2v) is 6.62. The van der Waals surface area contributed by atoms with Gasteiger partial charge < -0.3 is 10.6 Å². The molecule has 1 aliphatic rings. The largest absolute Gasteiger partial charge is 0.376 e. The summed E-state index contributed by atoms with van der Waals surface area (Å²) < 4.78 is 0. The highest BCUT2D eigenvalue weighted by Gasteiger charge is 2.19. The number of carbonyl (C=O) groups excluding carboxylic acids is 1. The molecule has 0 aliphatic heterocycles. The lowest BCUT2D eigenvalue weighted by Gasteiger charge is -2.27. The molecule has 2 rings (SSSR count). The smallest absolute Gasteiger partial charge is 0.239 e. The molecule has 116 valence electrons. The fourth-order valence-electron chi connectivity index (χ4n) is 3.02. The van der Waals surface area contributed by atoms with Gasteiger partial charge in [-0.05, 0) is 49.1 Å². The van der Waals surface area contributed by atoms with Crippen molar-refractivity contribution in [3.63, 3.8) is 0 Å². The normalized spacial score (nSPS) is 22.1. The van der Waals surface area contributed by atoms with Gasteiger partial charge in [0.05, 0.1) is 6.54 Å². The fraction of sp³-hybridized carbons (Fsp3) is 0.611. The van der Waals surface area contributed by atoms with Crippen LogP contribution in [0.4, 0.5) is 5.69 Å². The van der Waals surface area contributed by atoms with Crippen molar-refractivity contribution >= 4 is 11.6 Å². The maximum Gasteiger partial charge on any atom is 0.239 e. The molecule has 0 heterocycles. The van der Waals surface area contributed by atoms with Gasteiger partial charge in [-0.3, -0.25) is 4.79 Å². The lowest BCUT2D eigenvalue weighted by molar-refractivity contribution is -0.120. The minimum Gasteiger partial charge on any atom is -0.376 e. The van der Waals surface area contributed by atoms with Crippen LogP contribution in [-0.2, 0) is 4.79 Å². The van der Waals surface area contributed by atoms with Gasteiger partial charge in [0.25, 0.3) is 0 Å². The van der Waals surface area contributed by atoms with Gasteiger partial charge in [0.1, 0.15) is 0 Å². The molecule has 0 aromatic heterocycles. The SMILES string of the molecule is CC1CCC(NC(=O)CNc2ccccc2C(C)C)CC1. The van der Waals surface area contributed by atoms with Gasteiger partial charge in [0.15, 0.2) is 0 Å². The zero-order chi connectivity index (χ0) is 15.2. The van der Waals surface area contributed by atoms with E-state index in [1.807, 2.05) is 18.2 Å². The van der Waals surface area contributed by atoms with E-state index in [1.165, 1.54) is 18.4 Å². The molecule has 2 N–H and O–H groups in total. The van der Waals surface area contributed by atoms with Crippen molar-refractivity contribution in [1.82, 2.24) is 5.32 Å². The lowest BCUT2D eigenvalue weighted by Crippen LogP contribution is -2.40. The highest BCUT2D eigenvalue weighted by atomic mass is 16.1. The second-order valence-electron chi connectivity index (χ2n) is 6.62. The van der Waals surface area contributed by atoms with Gasteiger partial charge in [-0.2, -0.15) is 0 Å². The minimum absolute atomic E-state index is 0.105. The average molecular weight is 288 g/mol. The van der Waals surface area contributed by atoms with Gasteiger partial charge in [-0.15, -0.1) is 0 Å². The Morgan fingerprint density at radius 1 is 1.19 bits per heavy atom. The summed E-state index contributed by atoms with van der Waals surface area (Å²) in [7, 11) is 0. The average Bonchev–Trinajstić information content (AvgIpc) is 2.48. The van der Waals surface area contributed by atoms with Gasteiger partial charge in [-0.1, -0.05) is 39.0 Å². The Morgan fingerprint density at radius 3 is 2.52 bits per heavy atom. The molecule has 1 saturated carbocycles. The van der Waals surface area contributed by atoms with Crippen molar-refractivity contribution in [3.05, 3.63) is 29.8 Å². The monoisotopic (exact) mass is 288 g/mol. The summed E-state index contributed by atoms with van der Waals surface area (Å²) in [6, 6.07) is 8.59. The van der Waals surface area contributed by atoms with Crippen LogP contribution in [0.5, 0.6) is 0 Å². The number of carbonyl (C=O) groups is 1. The number of rotatable bonds is 5. The van der Waals surface area contributed by atoms with Crippen molar-refractivity contribution in [2.75, 3.05) is 11.9 Å². The summed E-state index contributed by atoms with van der Waals surface area (Å²) in [5, 5.41) is 6.44. The van der Waals surface area contributed by atoms with Crippen LogP contribution in [0.1, 0.15) is 57.9 Å². The molecule has 3 heteroatoms. The molecule has 0 unspecified atom stereocenters. The number of para-hydroxylation sites is 1. The summed E-state index contributed by atoms with van der Waals surface area (Å²) >= 11 is 0. The first-order valence-corrected chi connectivity index (χ1v) is 8.18. The van der Waals surface area contributed by atoms with E-state index in [4.69, 9.17) is 0 Å². The number of benzene rings is 1. The van der Waals surface area contributed by atoms with Crippen molar-refractivity contribution in [2.24, 2.45) is 5.92 Å². The number of amides is 1. The van der Waals surface area contributed by atoms with E-state index >= 15 is 0 Å². The first-order chi connectivity index (χ1) is 10.1. The minimum atomic E-state index is 0.105. The quantitative estimate of drug-likeness (QED) is 0.862. The first kappa shape index (κ1) is 15.9. The van der Waals surface area contributed by atoms with Gasteiger partial charge in [-0.25, -0.2) is 0 Å². The molecule has 0 spiro atoms. The Morgan fingerprint density at radius 2 is 1.86 bits per heavy atom. The van der Waals surface area contributed by atoms with E-state index in [9.17, 15) is 4.79 Å². The Balaban J connectivity index is 1.81. The van der Waals surface area contributed by atoms with E-state index < -0.39 is 0 Å². The zero-order valence-corrected chi connectivity index (χ0v) is 13.5. The Bertz CT molecular complexity index is 462. The Kier molecular flexibility index (Phi) is 5.66. The highest BCUT2D eigenvalue weighted by Crippen LogP contribution is 2.24. The van der Waals surface area contributed by atoms with E-state index in [0.717, 1.165) is 24.4 Å². The molecule has 0 bridgehead atoms. The third-order valence-corrected chi connectivity index (χ3v) is 4.40. The molecular formula is C18H28N2O. The van der Waals surface area contributed by atoms with Crippen molar-refractivity contribution in [1.29, 1.82) is 0 Å². The fourth-order valence-corrected chi connectivity index (χ4v) is 3.02. The molecule has 1 aromatic carbocycles. The van der Waals surface area contributed by atoms with Crippen LogP contribution in [0.3, 0.4) is 0 Å². The Hall–Kier alpha value is -1.51. The third-order valence-electron chi connectivity index (χ3n) is 4.40. The molecule has 0 radical (unpaired) electrons. The lowest BCUT2D eigenvalue weighted by atomic mass is 9.87. The molecule has 1 aromatic rings. The van der Waals surface area contributed by atoms with Crippen LogP contribution < -0.4 is 10.6 Å². The summed E-state index contributed by atoms with van der Waals surface area (Å²) in [5.41, 5.74) is 2.33. The molecule has 0 atom stereocenters. The summed E-state index contributed by atoms with van der Waals surface area (Å²) in [5.74, 6) is 1.37. The van der Waals surface area contributed by atoms with Crippen molar-refractivity contribution in [3.8, 4) is 0 Å². The number of hydrogen-bond acceptors (Lipinski definition) is 2. The summed E-state index contributed by atoms with van der Waals surface area (Å²) in [6.07, 6.45) is 4.70. The van der Waals surface area contributed by atoms with Crippen LogP contribution in [0.2, 0.25) is 0 Å². The third kappa shape index (κ3) is 4.76. The maximum atomic E-state index is 12.1. The van der Waals surface area contributed by atoms with Crippen LogP contribution in [-0.4, -0.2) is 18.5 Å². The first-order valence-electron chi connectivity index (χ1n) is 8.18. The van der Waals surface area contributed by atoms with Crippen LogP contribution >= 0.6 is 0 Å². The number of nitrogens with one attached hydrogen (secondary N) is 2. The summed E-state index contributed by atoms with van der Waals surface area (Å²) in [4.78, 5) is 12.1. The van der Waals surface area contributed by atoms with Crippen LogP contribution in [0.15, 0.2) is 24.3 Å². The molecule has 0 saturated heterocycles. The standard InChI is InChI=1S/C18H28N2O/c1-13(2)16-6-4-5-7-17(16)19-12-18(21)20-15-10-8-14(3)9-11-15/h4-7,13-15,19H,8-12H2,1-3H3,(H,20,21). The maximum absolute atomic E-state index is 12.1. The van der Waals surface area contributed by atoms with Gasteiger partial charge in [0, 0.05) is 11.7 Å². The van der Waals surface area contributed by atoms with Crippen LogP contribution in [0, 0.1) is 5.92 Å². The van der Waals surface area contributed by atoms with Gasteiger partial charge in [0.2, 0.25) is 5.91 Å². The summed E-state index contributed by atoms with van der Waals surface area (Å²) in [6.45, 7) is 6.99. The molecule has 21 heavy (non-hydrogen) atoms. The van der Waals surface area contributed by atoms with E-state index in [2.05, 4.69) is 37.5 Å². The highest BCUT2D eigenvalue weighted by molar-refractivity contribution is 5.81. The number of hydrogen-bond donors (Lipinski definition) is 2. The van der Waals surface area contributed by atoms with Crippen molar-refractivity contribution < 1.29 is 4.79 Å². The molecule has 1 fully saturated rings. The van der Waals surface area contributed by atoms with E-state index in [1.54, 1.807) is 0 Å². The predicted molar refractivity (Wildman–Crippen MR) is 88.6 cm³/mol. The molecule has 3 nitrogen and oxygen atoms in total.